The van der Waals surface area contributed by atoms with Crippen LogP contribution in [-0.2, 0) is 81.1 Å². The minimum absolute atomic E-state index is 0.0878. The number of hydrogen-bond donors (Lipinski definition) is 1. The predicted molar refractivity (Wildman–Crippen MR) is 164 cm³/mol. The quantitative estimate of drug-likeness (QED) is 0.0536. The summed E-state index contributed by atoms with van der Waals surface area (Å²) >= 11 is 0. The maximum absolute atomic E-state index is 11.2. The Bertz CT molecular complexity index is 944. The highest BCUT2D eigenvalue weighted by atomic mass is 17.1. The molecule has 0 radical (unpaired) electrons. The summed E-state index contributed by atoms with van der Waals surface area (Å²) in [6.45, 7) is 10.8. The molecule has 0 aromatic carbocycles. The molecule has 280 valence electrons. The molecule has 0 heterocycles. The molecule has 0 fully saturated rings. The molecule has 1 N–H and O–H groups in total. The fourth-order valence-corrected chi connectivity index (χ4v) is 2.15. The lowest BCUT2D eigenvalue weighted by molar-refractivity contribution is -0.242. The first-order valence-corrected chi connectivity index (χ1v) is 14.8. The van der Waals surface area contributed by atoms with E-state index in [4.69, 9.17) is 5.26 Å². The molecular formula is C30H52O18. The SMILES string of the molecule is CCC(=O)OC(=O)C(C)OC(=O)COC.CCCC(=O)OC(=O)C(C)OC(=O)COC.CCCCOO.COCC(=O)OC(C)C(C)=O. The summed E-state index contributed by atoms with van der Waals surface area (Å²) in [5.74, 6) is -5.10. The lowest BCUT2D eigenvalue weighted by Crippen LogP contribution is -2.29. The minimum atomic E-state index is -1.11. The van der Waals surface area contributed by atoms with E-state index >= 15 is 0 Å². The first kappa shape index (κ1) is 51.0. The highest BCUT2D eigenvalue weighted by Gasteiger charge is 2.22. The molecule has 0 aliphatic heterocycles. The van der Waals surface area contributed by atoms with E-state index in [1.54, 1.807) is 13.8 Å². The largest absolute Gasteiger partial charge is 0.453 e. The summed E-state index contributed by atoms with van der Waals surface area (Å²) < 4.78 is 36.2. The second-order valence-electron chi connectivity index (χ2n) is 9.18. The van der Waals surface area contributed by atoms with Crippen molar-refractivity contribution in [3.63, 3.8) is 0 Å². The summed E-state index contributed by atoms with van der Waals surface area (Å²) in [7, 11) is 4.04. The van der Waals surface area contributed by atoms with E-state index in [1.165, 1.54) is 49.0 Å². The van der Waals surface area contributed by atoms with E-state index in [1.807, 2.05) is 6.92 Å². The van der Waals surface area contributed by atoms with Crippen molar-refractivity contribution in [3.8, 4) is 0 Å². The number of Topliss-reactive ketones (excluding diaryl/α,β-unsaturated/α-hetero) is 1. The Balaban J connectivity index is -0.000000282. The molecule has 48 heavy (non-hydrogen) atoms. The molecule has 0 aromatic rings. The third-order valence-corrected chi connectivity index (χ3v) is 4.71. The van der Waals surface area contributed by atoms with Gasteiger partial charge in [0.2, 0.25) is 0 Å². The van der Waals surface area contributed by atoms with E-state index in [9.17, 15) is 38.4 Å². The van der Waals surface area contributed by atoms with Gasteiger partial charge in [-0.2, -0.15) is 0 Å². The van der Waals surface area contributed by atoms with Crippen molar-refractivity contribution in [2.45, 2.75) is 98.9 Å². The van der Waals surface area contributed by atoms with Crippen LogP contribution in [0, 0.1) is 0 Å². The second kappa shape index (κ2) is 34.5. The van der Waals surface area contributed by atoms with E-state index in [0.717, 1.165) is 12.8 Å². The number of rotatable bonds is 18. The molecule has 0 aliphatic carbocycles. The highest BCUT2D eigenvalue weighted by Crippen LogP contribution is 2.00. The van der Waals surface area contributed by atoms with Crippen molar-refractivity contribution >= 4 is 47.6 Å². The summed E-state index contributed by atoms with van der Waals surface area (Å²) in [6, 6.07) is 0. The lowest BCUT2D eigenvalue weighted by Gasteiger charge is -2.11. The van der Waals surface area contributed by atoms with Crippen LogP contribution < -0.4 is 0 Å². The maximum atomic E-state index is 11.2. The van der Waals surface area contributed by atoms with Crippen LogP contribution in [0.1, 0.15) is 80.6 Å². The van der Waals surface area contributed by atoms with Gasteiger partial charge in [0, 0.05) is 34.2 Å². The number of methoxy groups -OCH3 is 3. The van der Waals surface area contributed by atoms with Crippen LogP contribution in [0.15, 0.2) is 0 Å². The summed E-state index contributed by atoms with van der Waals surface area (Å²) in [4.78, 5) is 90.8. The smallest absolute Gasteiger partial charge is 0.354 e. The third-order valence-electron chi connectivity index (χ3n) is 4.71. The van der Waals surface area contributed by atoms with Gasteiger partial charge in [-0.15, -0.1) is 0 Å². The topological polar surface area (TPSA) is 240 Å². The molecule has 18 heteroatoms. The third kappa shape index (κ3) is 35.0. The van der Waals surface area contributed by atoms with Gasteiger partial charge in [0.15, 0.2) is 24.1 Å². The number of carbonyl (C=O) groups excluding carboxylic acids is 8. The molecule has 3 unspecified atom stereocenters. The molecule has 18 nitrogen and oxygen atoms in total. The molecule has 0 amide bonds. The summed E-state index contributed by atoms with van der Waals surface area (Å²) in [5.41, 5.74) is 0. The van der Waals surface area contributed by atoms with Crippen LogP contribution in [0.25, 0.3) is 0 Å². The fraction of sp³-hybridized carbons (Fsp3) is 0.733. The maximum Gasteiger partial charge on any atom is 0.354 e. The molecule has 0 aromatic heterocycles. The van der Waals surface area contributed by atoms with Crippen molar-refractivity contribution in [2.75, 3.05) is 47.8 Å². The number of esters is 7. The normalized spacial score (nSPS) is 11.5. The van der Waals surface area contributed by atoms with Gasteiger partial charge in [-0.3, -0.25) is 19.6 Å². The van der Waals surface area contributed by atoms with E-state index in [-0.39, 0.29) is 38.4 Å². The van der Waals surface area contributed by atoms with Gasteiger partial charge in [-0.25, -0.2) is 28.9 Å². The van der Waals surface area contributed by atoms with Crippen LogP contribution in [0.5, 0.6) is 0 Å². The molecule has 3 atom stereocenters. The number of hydrogen-bond acceptors (Lipinski definition) is 18. The van der Waals surface area contributed by atoms with Crippen LogP contribution >= 0.6 is 0 Å². The highest BCUT2D eigenvalue weighted by molar-refractivity contribution is 5.89. The molecule has 0 bridgehead atoms. The van der Waals surface area contributed by atoms with E-state index in [2.05, 4.69) is 42.8 Å². The van der Waals surface area contributed by atoms with Crippen molar-refractivity contribution in [1.82, 2.24) is 0 Å². The van der Waals surface area contributed by atoms with Crippen LogP contribution in [0.2, 0.25) is 0 Å². The van der Waals surface area contributed by atoms with Crippen molar-refractivity contribution in [1.29, 1.82) is 0 Å². The first-order valence-electron chi connectivity index (χ1n) is 14.8. The summed E-state index contributed by atoms with van der Waals surface area (Å²) in [5, 5.41) is 7.70. The monoisotopic (exact) mass is 700 g/mol. The zero-order chi connectivity index (χ0) is 38.1. The Morgan fingerprint density at radius 2 is 0.938 bits per heavy atom. The van der Waals surface area contributed by atoms with Crippen molar-refractivity contribution in [2.24, 2.45) is 0 Å². The predicted octanol–water partition coefficient (Wildman–Crippen LogP) is 1.91. The Morgan fingerprint density at radius 3 is 1.21 bits per heavy atom. The standard InChI is InChI=1S/C10H16O6.C9H14O6.C7H12O4.C4H10O2/c1-4-5-8(11)16-10(13)7(2)15-9(12)6-14-3;1-4-7(10)15-9(12)6(2)14-8(11)5-13-3;1-5(8)6(2)11-7(9)4-10-3;1-2-3-4-6-5/h7H,4-6H2,1-3H3;6H,4-5H2,1-3H3;6H,4H2,1-3H3;5H,2-4H2,1H3. The fourth-order valence-electron chi connectivity index (χ4n) is 2.15. The minimum Gasteiger partial charge on any atom is -0.453 e. The molecule has 0 saturated carbocycles. The van der Waals surface area contributed by atoms with Gasteiger partial charge in [-0.1, -0.05) is 27.2 Å². The molecule has 0 aliphatic rings. The van der Waals surface area contributed by atoms with Gasteiger partial charge in [0.1, 0.15) is 19.8 Å². The number of carbonyl (C=O) groups is 8. The van der Waals surface area contributed by atoms with Crippen LogP contribution in [0.4, 0.5) is 0 Å². The summed E-state index contributed by atoms with van der Waals surface area (Å²) in [6.07, 6.45) is -0.0417. The van der Waals surface area contributed by atoms with Crippen LogP contribution in [-0.4, -0.2) is 119 Å². The van der Waals surface area contributed by atoms with Gasteiger partial charge < -0.3 is 37.9 Å². The average molecular weight is 701 g/mol. The zero-order valence-electron chi connectivity index (χ0n) is 29.5. The molecule has 0 saturated heterocycles. The van der Waals surface area contributed by atoms with Gasteiger partial charge in [-0.05, 0) is 40.5 Å². The van der Waals surface area contributed by atoms with Gasteiger partial charge in [0.05, 0.1) is 6.61 Å². The van der Waals surface area contributed by atoms with E-state index < -0.39 is 60.1 Å². The van der Waals surface area contributed by atoms with Crippen molar-refractivity contribution in [3.05, 3.63) is 0 Å². The van der Waals surface area contributed by atoms with Gasteiger partial charge >= 0.3 is 41.8 Å². The molecule has 0 spiro atoms. The Labute approximate surface area is 280 Å². The zero-order valence-corrected chi connectivity index (χ0v) is 29.5. The van der Waals surface area contributed by atoms with E-state index in [0.29, 0.717) is 13.0 Å². The van der Waals surface area contributed by atoms with Gasteiger partial charge in [0.25, 0.3) is 0 Å². The Hall–Kier alpha value is -3.84. The number of ketones is 1. The van der Waals surface area contributed by atoms with Crippen LogP contribution in [0.3, 0.4) is 0 Å². The molecular weight excluding hydrogens is 648 g/mol. The number of ether oxygens (including phenoxy) is 8. The second-order valence-corrected chi connectivity index (χ2v) is 9.18. The number of unbranched alkanes of at least 4 members (excludes halogenated alkanes) is 1. The lowest BCUT2D eigenvalue weighted by atomic mass is 10.3. The Kier molecular flexibility index (Phi) is 36.7. The first-order chi connectivity index (χ1) is 22.5. The Morgan fingerprint density at radius 1 is 0.562 bits per heavy atom. The van der Waals surface area contributed by atoms with Crippen molar-refractivity contribution < 1.29 is 86.4 Å². The average Bonchev–Trinajstić information content (AvgIpc) is 3.01. The molecule has 0 rings (SSSR count).